The molecule has 2 heteroatoms. The lowest BCUT2D eigenvalue weighted by Gasteiger charge is -1.97. The summed E-state index contributed by atoms with van der Waals surface area (Å²) in [5, 5.41) is 0. The number of hydrogen-bond donors (Lipinski definition) is 0. The van der Waals surface area contributed by atoms with E-state index in [2.05, 4.69) is 50.2 Å². The summed E-state index contributed by atoms with van der Waals surface area (Å²) in [4.78, 5) is 0. The molecule has 0 aliphatic carbocycles. The maximum Gasteiger partial charge on any atom is 0.122 e. The lowest BCUT2D eigenvalue weighted by Crippen LogP contribution is -1.86. The van der Waals surface area contributed by atoms with Gasteiger partial charge in [0.05, 0.1) is 13.2 Å². The summed E-state index contributed by atoms with van der Waals surface area (Å²) >= 11 is 0. The first-order valence-corrected chi connectivity index (χ1v) is 7.17. The first kappa shape index (κ1) is 13.0. The molecule has 0 amide bonds. The van der Waals surface area contributed by atoms with Crippen LogP contribution >= 0.6 is 0 Å². The summed E-state index contributed by atoms with van der Waals surface area (Å²) in [5.41, 5.74) is 5.32. The fraction of sp³-hybridized carbons (Fsp3) is 0.333. The van der Waals surface area contributed by atoms with E-state index in [4.69, 9.17) is 9.47 Å². The van der Waals surface area contributed by atoms with Crippen molar-refractivity contribution < 1.29 is 9.47 Å². The van der Waals surface area contributed by atoms with E-state index in [9.17, 15) is 0 Å². The van der Waals surface area contributed by atoms with Crippen molar-refractivity contribution in [2.45, 2.75) is 26.7 Å². The van der Waals surface area contributed by atoms with Gasteiger partial charge in [0.2, 0.25) is 0 Å². The van der Waals surface area contributed by atoms with Crippen LogP contribution in [0.3, 0.4) is 0 Å². The molecule has 0 bridgehead atoms. The van der Waals surface area contributed by atoms with Crippen LogP contribution in [0.25, 0.3) is 0 Å². The quantitative estimate of drug-likeness (QED) is 0.722. The molecule has 0 spiro atoms. The Morgan fingerprint density at radius 1 is 0.700 bits per heavy atom. The number of ether oxygens (including phenoxy) is 2. The largest absolute Gasteiger partial charge is 0.493 e. The molecule has 2 aliphatic heterocycles. The zero-order valence-corrected chi connectivity index (χ0v) is 12.1. The molecule has 0 saturated carbocycles. The van der Waals surface area contributed by atoms with Crippen LogP contribution < -0.4 is 9.47 Å². The van der Waals surface area contributed by atoms with Crippen molar-refractivity contribution in [3.05, 3.63) is 58.7 Å². The van der Waals surface area contributed by atoms with E-state index >= 15 is 0 Å². The molecule has 0 radical (unpaired) electrons. The van der Waals surface area contributed by atoms with Gasteiger partial charge in [-0.3, -0.25) is 0 Å². The molecule has 104 valence electrons. The smallest absolute Gasteiger partial charge is 0.122 e. The third-order valence-corrected chi connectivity index (χ3v) is 3.70. The molecular weight excluding hydrogens is 248 g/mol. The maximum absolute atomic E-state index is 5.38. The van der Waals surface area contributed by atoms with Gasteiger partial charge in [-0.25, -0.2) is 0 Å². The molecule has 0 saturated heterocycles. The van der Waals surface area contributed by atoms with Crippen molar-refractivity contribution >= 4 is 0 Å². The Morgan fingerprint density at radius 2 is 1.35 bits per heavy atom. The zero-order chi connectivity index (χ0) is 13.9. The van der Waals surface area contributed by atoms with Gasteiger partial charge in [-0.1, -0.05) is 29.8 Å². The van der Waals surface area contributed by atoms with Crippen LogP contribution in [0.1, 0.15) is 22.3 Å². The maximum atomic E-state index is 5.38. The highest BCUT2D eigenvalue weighted by atomic mass is 16.5. The molecule has 0 fully saturated rings. The van der Waals surface area contributed by atoms with Crippen molar-refractivity contribution in [3.63, 3.8) is 0 Å². The van der Waals surface area contributed by atoms with Gasteiger partial charge in [0.25, 0.3) is 0 Å². The number of fused-ring (bicyclic) bond motifs is 2. The SMILES string of the molecule is Cc1ccc2c(c1)CCO2.Cc1ccc2c(c1)OCC2. The van der Waals surface area contributed by atoms with Gasteiger partial charge in [0, 0.05) is 12.8 Å². The molecule has 0 unspecified atom stereocenters. The Balaban J connectivity index is 0.000000121. The van der Waals surface area contributed by atoms with Crippen LogP contribution in [0.15, 0.2) is 36.4 Å². The van der Waals surface area contributed by atoms with E-state index in [0.29, 0.717) is 0 Å². The van der Waals surface area contributed by atoms with Crippen LogP contribution in [0.2, 0.25) is 0 Å². The van der Waals surface area contributed by atoms with E-state index in [1.54, 1.807) is 0 Å². The second-order valence-corrected chi connectivity index (χ2v) is 5.42. The van der Waals surface area contributed by atoms with Crippen LogP contribution in [0, 0.1) is 13.8 Å². The van der Waals surface area contributed by atoms with Crippen LogP contribution in [-0.2, 0) is 12.8 Å². The van der Waals surface area contributed by atoms with Crippen molar-refractivity contribution in [3.8, 4) is 11.5 Å². The third-order valence-electron chi connectivity index (χ3n) is 3.70. The summed E-state index contributed by atoms with van der Waals surface area (Å²) in [6.07, 6.45) is 2.16. The van der Waals surface area contributed by atoms with E-state index in [1.807, 2.05) is 0 Å². The third kappa shape index (κ3) is 2.79. The molecular formula is C18H20O2. The molecule has 0 N–H and O–H groups in total. The van der Waals surface area contributed by atoms with Crippen molar-refractivity contribution in [2.24, 2.45) is 0 Å². The summed E-state index contributed by atoms with van der Waals surface area (Å²) in [6, 6.07) is 12.7. The number of rotatable bonds is 0. The number of aryl methyl sites for hydroxylation is 2. The van der Waals surface area contributed by atoms with Crippen LogP contribution in [0.5, 0.6) is 11.5 Å². The summed E-state index contributed by atoms with van der Waals surface area (Å²) in [6.45, 7) is 5.91. The molecule has 0 aromatic heterocycles. The first-order valence-electron chi connectivity index (χ1n) is 7.17. The monoisotopic (exact) mass is 268 g/mol. The summed E-state index contributed by atoms with van der Waals surface area (Å²) in [7, 11) is 0. The van der Waals surface area contributed by atoms with Gasteiger partial charge < -0.3 is 9.47 Å². The van der Waals surface area contributed by atoms with Crippen molar-refractivity contribution in [1.29, 1.82) is 0 Å². The average molecular weight is 268 g/mol. The highest BCUT2D eigenvalue weighted by molar-refractivity contribution is 5.40. The first-order chi connectivity index (χ1) is 9.72. The van der Waals surface area contributed by atoms with Crippen LogP contribution in [0.4, 0.5) is 0 Å². The second kappa shape index (κ2) is 5.58. The van der Waals surface area contributed by atoms with E-state index < -0.39 is 0 Å². The lowest BCUT2D eigenvalue weighted by molar-refractivity contribution is 0.356. The topological polar surface area (TPSA) is 18.5 Å². The van der Waals surface area contributed by atoms with Gasteiger partial charge >= 0.3 is 0 Å². The predicted molar refractivity (Wildman–Crippen MR) is 80.8 cm³/mol. The fourth-order valence-corrected chi connectivity index (χ4v) is 2.59. The highest BCUT2D eigenvalue weighted by Gasteiger charge is 2.10. The zero-order valence-electron chi connectivity index (χ0n) is 12.1. The molecule has 0 atom stereocenters. The average Bonchev–Trinajstić information content (AvgIpc) is 3.06. The Morgan fingerprint density at radius 3 is 2.20 bits per heavy atom. The molecule has 4 rings (SSSR count). The highest BCUT2D eigenvalue weighted by Crippen LogP contribution is 2.26. The molecule has 2 aromatic rings. The van der Waals surface area contributed by atoms with Gasteiger partial charge in [-0.15, -0.1) is 0 Å². The number of benzene rings is 2. The minimum atomic E-state index is 0.860. The minimum absolute atomic E-state index is 0.860. The Bertz CT molecular complexity index is 561. The van der Waals surface area contributed by atoms with E-state index in [0.717, 1.165) is 37.6 Å². The van der Waals surface area contributed by atoms with E-state index in [-0.39, 0.29) is 0 Å². The van der Waals surface area contributed by atoms with Gasteiger partial charge in [-0.05, 0) is 42.7 Å². The molecule has 2 aromatic carbocycles. The molecule has 2 heterocycles. The lowest BCUT2D eigenvalue weighted by atomic mass is 10.1. The predicted octanol–water partition coefficient (Wildman–Crippen LogP) is 3.86. The van der Waals surface area contributed by atoms with Crippen molar-refractivity contribution in [2.75, 3.05) is 13.2 Å². The normalized spacial score (nSPS) is 14.5. The minimum Gasteiger partial charge on any atom is -0.493 e. The molecule has 2 nitrogen and oxygen atoms in total. The fourth-order valence-electron chi connectivity index (χ4n) is 2.59. The Kier molecular flexibility index (Phi) is 3.64. The van der Waals surface area contributed by atoms with Gasteiger partial charge in [0.1, 0.15) is 11.5 Å². The van der Waals surface area contributed by atoms with Crippen molar-refractivity contribution in [1.82, 2.24) is 0 Å². The number of hydrogen-bond acceptors (Lipinski definition) is 2. The Hall–Kier alpha value is -1.96. The second-order valence-electron chi connectivity index (χ2n) is 5.42. The summed E-state index contributed by atoms with van der Waals surface area (Å²) < 4.78 is 10.7. The standard InChI is InChI=1S/2C9H10O/c1-7-2-3-9-8(6-7)4-5-10-9;1-7-2-3-8-4-5-10-9(8)6-7/h2*2-3,6H,4-5H2,1H3. The van der Waals surface area contributed by atoms with E-state index in [1.165, 1.54) is 22.3 Å². The molecule has 20 heavy (non-hydrogen) atoms. The van der Waals surface area contributed by atoms with Gasteiger partial charge in [-0.2, -0.15) is 0 Å². The van der Waals surface area contributed by atoms with Crippen LogP contribution in [-0.4, -0.2) is 13.2 Å². The Labute approximate surface area is 120 Å². The molecule has 2 aliphatic rings. The summed E-state index contributed by atoms with van der Waals surface area (Å²) in [5.74, 6) is 2.16. The van der Waals surface area contributed by atoms with Gasteiger partial charge in [0.15, 0.2) is 0 Å².